The molecule has 1 fully saturated rings. The molecule has 232 valence electrons. The van der Waals surface area contributed by atoms with Gasteiger partial charge in [0.05, 0.1) is 5.69 Å². The Bertz CT molecular complexity index is 1300. The number of alkyl halides is 1. The van der Waals surface area contributed by atoms with E-state index in [4.69, 9.17) is 4.74 Å². The molecule has 2 N–H and O–H groups in total. The zero-order valence-electron chi connectivity index (χ0n) is 25.2. The van der Waals surface area contributed by atoms with Crippen LogP contribution in [-0.4, -0.2) is 121 Å². The van der Waals surface area contributed by atoms with Gasteiger partial charge in [0.1, 0.15) is 17.3 Å². The molecule has 4 rings (SSSR count). The number of hydrogen-bond acceptors (Lipinski definition) is 8. The van der Waals surface area contributed by atoms with Crippen molar-refractivity contribution in [3.05, 3.63) is 53.6 Å². The number of amides is 1. The minimum Gasteiger partial charge on any atom is -0.482 e. The molecule has 1 unspecified atom stereocenters. The first-order valence-electron chi connectivity index (χ1n) is 14.6. The number of nitrogens with zero attached hydrogens (tertiary/aromatic N) is 4. The van der Waals surface area contributed by atoms with Crippen molar-refractivity contribution < 1.29 is 22.3 Å². The summed E-state index contributed by atoms with van der Waals surface area (Å²) in [4.78, 5) is 19.5. The molecule has 2 aromatic carbocycles. The van der Waals surface area contributed by atoms with Crippen LogP contribution < -0.4 is 20.3 Å². The van der Waals surface area contributed by atoms with Crippen LogP contribution in [-0.2, 0) is 27.8 Å². The Morgan fingerprint density at radius 1 is 1.05 bits per heavy atom. The third-order valence-corrected chi connectivity index (χ3v) is 9.77. The molecule has 0 saturated carbocycles. The number of carbonyl (C=O) groups is 1. The van der Waals surface area contributed by atoms with Gasteiger partial charge in [-0.2, -0.15) is 0 Å². The number of hydrogen-bond donors (Lipinski definition) is 2. The van der Waals surface area contributed by atoms with Crippen molar-refractivity contribution in [3.8, 4) is 5.75 Å². The minimum absolute atomic E-state index is 0.0639. The highest BCUT2D eigenvalue weighted by molar-refractivity contribution is 7.89. The van der Waals surface area contributed by atoms with Crippen LogP contribution in [0.25, 0.3) is 0 Å². The summed E-state index contributed by atoms with van der Waals surface area (Å²) in [5.74, 6) is -0.236. The Morgan fingerprint density at radius 3 is 2.45 bits per heavy atom. The van der Waals surface area contributed by atoms with Crippen LogP contribution in [0.5, 0.6) is 5.75 Å². The van der Waals surface area contributed by atoms with Crippen LogP contribution in [0, 0.1) is 0 Å². The zero-order valence-corrected chi connectivity index (χ0v) is 26.0. The number of rotatable bonds is 13. The van der Waals surface area contributed by atoms with Crippen LogP contribution in [0.15, 0.2) is 47.4 Å². The van der Waals surface area contributed by atoms with Crippen LogP contribution >= 0.6 is 0 Å². The maximum absolute atomic E-state index is 13.4. The highest BCUT2D eigenvalue weighted by Gasteiger charge is 2.30. The number of fused-ring (bicyclic) bond motifs is 1. The quantitative estimate of drug-likeness (QED) is 0.356. The summed E-state index contributed by atoms with van der Waals surface area (Å²) in [6, 6.07) is 13.0. The molecular formula is C30H45FN6O4S. The number of carbonyl (C=O) groups excluding carboxylic acids is 1. The van der Waals surface area contributed by atoms with Crippen LogP contribution in [0.4, 0.5) is 10.1 Å². The van der Waals surface area contributed by atoms with E-state index in [9.17, 15) is 17.6 Å². The highest BCUT2D eigenvalue weighted by Crippen LogP contribution is 2.36. The number of halogens is 1. The number of likely N-dealkylation sites (N-methyl/N-ethyl adjacent to an activating group) is 1. The van der Waals surface area contributed by atoms with E-state index >= 15 is 0 Å². The standard InChI is InChI=1S/C30H45FN6O4S/c1-23(18-31)33-26(21-36-13-12-24-8-5-6-9-25(24)20-36)19-32-29(38)22-41-28-11-7-10-27(30(28)42(39,40)34(2)3)37-16-14-35(4)15-17-37/h5-11,23,26,33H,12-22H2,1-4H3,(H,32,38)/t23?,26-/m1/s1. The van der Waals surface area contributed by atoms with E-state index in [0.717, 1.165) is 36.9 Å². The predicted octanol–water partition coefficient (Wildman–Crippen LogP) is 1.56. The van der Waals surface area contributed by atoms with Crippen molar-refractivity contribution in [2.45, 2.75) is 36.9 Å². The normalized spacial score (nSPS) is 18.0. The molecule has 10 nitrogen and oxygen atoms in total. The summed E-state index contributed by atoms with van der Waals surface area (Å²) >= 11 is 0. The molecule has 0 spiro atoms. The molecule has 2 atom stereocenters. The second-order valence-corrected chi connectivity index (χ2v) is 13.5. The van der Waals surface area contributed by atoms with Crippen molar-refractivity contribution >= 4 is 21.6 Å². The average Bonchev–Trinajstić information content (AvgIpc) is 2.98. The molecule has 42 heavy (non-hydrogen) atoms. The lowest BCUT2D eigenvalue weighted by atomic mass is 9.99. The topological polar surface area (TPSA) is 97.5 Å². The molecule has 2 aliphatic heterocycles. The lowest BCUT2D eigenvalue weighted by molar-refractivity contribution is -0.123. The first kappa shape index (κ1) is 32.2. The molecule has 0 aliphatic carbocycles. The Balaban J connectivity index is 1.41. The minimum atomic E-state index is -3.86. The number of benzene rings is 2. The molecule has 0 aromatic heterocycles. The fourth-order valence-electron chi connectivity index (χ4n) is 5.43. The van der Waals surface area contributed by atoms with Crippen molar-refractivity contribution in [2.75, 3.05) is 85.1 Å². The van der Waals surface area contributed by atoms with Gasteiger partial charge in [-0.15, -0.1) is 0 Å². The molecule has 2 aromatic rings. The summed E-state index contributed by atoms with van der Waals surface area (Å²) in [5.41, 5.74) is 3.22. The van der Waals surface area contributed by atoms with Gasteiger partial charge in [0.25, 0.3) is 5.91 Å². The van der Waals surface area contributed by atoms with E-state index in [1.54, 1.807) is 25.1 Å². The zero-order chi connectivity index (χ0) is 30.3. The summed E-state index contributed by atoms with van der Waals surface area (Å²) in [6.45, 7) is 6.56. The van der Waals surface area contributed by atoms with E-state index < -0.39 is 16.7 Å². The van der Waals surface area contributed by atoms with Crippen molar-refractivity contribution in [1.82, 2.24) is 24.7 Å². The monoisotopic (exact) mass is 604 g/mol. The molecule has 2 aliphatic rings. The van der Waals surface area contributed by atoms with Crippen LogP contribution in [0.2, 0.25) is 0 Å². The molecule has 0 radical (unpaired) electrons. The maximum Gasteiger partial charge on any atom is 0.257 e. The second kappa shape index (κ2) is 14.6. The van der Waals surface area contributed by atoms with Gasteiger partial charge in [0.15, 0.2) is 6.61 Å². The van der Waals surface area contributed by atoms with Crippen LogP contribution in [0.1, 0.15) is 18.1 Å². The predicted molar refractivity (Wildman–Crippen MR) is 163 cm³/mol. The van der Waals surface area contributed by atoms with Crippen molar-refractivity contribution in [2.24, 2.45) is 0 Å². The van der Waals surface area contributed by atoms with Gasteiger partial charge < -0.3 is 25.2 Å². The molecule has 12 heteroatoms. The van der Waals surface area contributed by atoms with Crippen molar-refractivity contribution in [1.29, 1.82) is 0 Å². The van der Waals surface area contributed by atoms with E-state index in [1.807, 2.05) is 18.0 Å². The smallest absolute Gasteiger partial charge is 0.257 e. The first-order valence-corrected chi connectivity index (χ1v) is 16.0. The van der Waals surface area contributed by atoms with Gasteiger partial charge >= 0.3 is 0 Å². The number of anilines is 1. The van der Waals surface area contributed by atoms with E-state index in [-0.39, 0.29) is 41.8 Å². The summed E-state index contributed by atoms with van der Waals surface area (Å²) in [6.07, 6.45) is 0.952. The lowest BCUT2D eigenvalue weighted by Gasteiger charge is -2.35. The largest absolute Gasteiger partial charge is 0.482 e. The lowest BCUT2D eigenvalue weighted by Crippen LogP contribution is -2.52. The van der Waals surface area contributed by atoms with Crippen LogP contribution in [0.3, 0.4) is 0 Å². The van der Waals surface area contributed by atoms with Gasteiger partial charge in [0, 0.05) is 78.5 Å². The molecule has 1 saturated heterocycles. The number of piperazine rings is 1. The highest BCUT2D eigenvalue weighted by atomic mass is 32.2. The Labute approximate surface area is 249 Å². The second-order valence-electron chi connectivity index (χ2n) is 11.4. The Kier molecular flexibility index (Phi) is 11.2. The maximum atomic E-state index is 13.4. The number of sulfonamides is 1. The van der Waals surface area contributed by atoms with Gasteiger partial charge in [0.2, 0.25) is 10.0 Å². The Morgan fingerprint density at radius 2 is 1.76 bits per heavy atom. The first-order chi connectivity index (χ1) is 20.1. The van der Waals surface area contributed by atoms with Crippen molar-refractivity contribution in [3.63, 3.8) is 0 Å². The van der Waals surface area contributed by atoms with E-state index in [2.05, 4.69) is 38.6 Å². The molecule has 2 heterocycles. The SMILES string of the molecule is CC(CF)N[C@H](CNC(=O)COc1cccc(N2CCN(C)CC2)c1S(=O)(=O)N(C)C)CN1CCc2ccccc2C1. The Hall–Kier alpha value is -2.77. The summed E-state index contributed by atoms with van der Waals surface area (Å²) < 4.78 is 47.2. The molecular weight excluding hydrogens is 559 g/mol. The van der Waals surface area contributed by atoms with Gasteiger partial charge in [-0.05, 0) is 43.7 Å². The van der Waals surface area contributed by atoms with E-state index in [0.29, 0.717) is 25.3 Å². The van der Waals surface area contributed by atoms with Gasteiger partial charge in [-0.3, -0.25) is 9.69 Å². The number of nitrogens with one attached hydrogen (secondary N) is 2. The average molecular weight is 605 g/mol. The summed E-state index contributed by atoms with van der Waals surface area (Å²) in [7, 11) is 1.15. The molecule has 0 bridgehead atoms. The third-order valence-electron chi connectivity index (χ3n) is 7.89. The fourth-order valence-corrected chi connectivity index (χ4v) is 6.64. The molecule has 1 amide bonds. The van der Waals surface area contributed by atoms with Gasteiger partial charge in [-0.25, -0.2) is 17.1 Å². The van der Waals surface area contributed by atoms with E-state index in [1.165, 1.54) is 25.2 Å². The van der Waals surface area contributed by atoms with Gasteiger partial charge in [-0.1, -0.05) is 30.3 Å². The third kappa shape index (κ3) is 8.19. The fraction of sp³-hybridized carbons (Fsp3) is 0.567. The summed E-state index contributed by atoms with van der Waals surface area (Å²) in [5, 5.41) is 6.19. The number of ether oxygens (including phenoxy) is 1.